The minimum atomic E-state index is 0.259. The monoisotopic (exact) mass is 341 g/mol. The fourth-order valence-electron chi connectivity index (χ4n) is 2.02. The average Bonchev–Trinajstić information content (AvgIpc) is 3.04. The Morgan fingerprint density at radius 1 is 1.32 bits per heavy atom. The van der Waals surface area contributed by atoms with Crippen LogP contribution in [0.1, 0.15) is 42.7 Å². The fourth-order valence-corrected chi connectivity index (χ4v) is 3.58. The van der Waals surface area contributed by atoms with Gasteiger partial charge in [-0.15, -0.1) is 11.3 Å². The zero-order valence-electron chi connectivity index (χ0n) is 11.4. The molecule has 0 aromatic carbocycles. The second-order valence-corrected chi connectivity index (χ2v) is 6.42. The summed E-state index contributed by atoms with van der Waals surface area (Å²) >= 11 is 5.40. The second-order valence-electron chi connectivity index (χ2n) is 4.56. The van der Waals surface area contributed by atoms with Gasteiger partial charge in [0.05, 0.1) is 6.04 Å². The van der Waals surface area contributed by atoms with Gasteiger partial charge in [0, 0.05) is 22.2 Å². The van der Waals surface area contributed by atoms with Crippen LogP contribution in [-0.4, -0.2) is 6.54 Å². The van der Waals surface area contributed by atoms with Crippen LogP contribution in [0.15, 0.2) is 32.5 Å². The van der Waals surface area contributed by atoms with Crippen molar-refractivity contribution in [2.24, 2.45) is 0 Å². The zero-order chi connectivity index (χ0) is 13.7. The first-order chi connectivity index (χ1) is 9.24. The maximum absolute atomic E-state index is 5.91. The third-order valence-corrected chi connectivity index (χ3v) is 5.04. The molecule has 0 fully saturated rings. The van der Waals surface area contributed by atoms with Gasteiger partial charge in [-0.2, -0.15) is 0 Å². The van der Waals surface area contributed by atoms with Crippen molar-refractivity contribution in [3.63, 3.8) is 0 Å². The van der Waals surface area contributed by atoms with Crippen LogP contribution in [0.3, 0.4) is 0 Å². The van der Waals surface area contributed by atoms with Crippen molar-refractivity contribution in [3.05, 3.63) is 44.4 Å². The summed E-state index contributed by atoms with van der Waals surface area (Å²) in [5, 5.41) is 5.70. The Kier molecular flexibility index (Phi) is 5.67. The highest BCUT2D eigenvalue weighted by Gasteiger charge is 2.17. The SMILES string of the molecule is CCCNC(Cc1sccc1Br)c1ccc(CC)o1. The van der Waals surface area contributed by atoms with Gasteiger partial charge in [0.2, 0.25) is 0 Å². The minimum Gasteiger partial charge on any atom is -0.464 e. The van der Waals surface area contributed by atoms with Gasteiger partial charge in [-0.25, -0.2) is 0 Å². The van der Waals surface area contributed by atoms with Crippen LogP contribution < -0.4 is 5.32 Å². The lowest BCUT2D eigenvalue weighted by atomic mass is 10.1. The number of hydrogen-bond acceptors (Lipinski definition) is 3. The van der Waals surface area contributed by atoms with E-state index in [1.807, 2.05) is 0 Å². The normalized spacial score (nSPS) is 12.8. The van der Waals surface area contributed by atoms with Crippen LogP contribution >= 0.6 is 27.3 Å². The molecular weight excluding hydrogens is 322 g/mol. The molecule has 1 atom stereocenters. The molecule has 0 saturated heterocycles. The van der Waals surface area contributed by atoms with E-state index in [9.17, 15) is 0 Å². The molecule has 2 nitrogen and oxygen atoms in total. The molecular formula is C15H20BrNOS. The van der Waals surface area contributed by atoms with Crippen molar-refractivity contribution in [2.75, 3.05) is 6.54 Å². The Bertz CT molecular complexity index is 506. The number of thiophene rings is 1. The van der Waals surface area contributed by atoms with Gasteiger partial charge in [0.1, 0.15) is 11.5 Å². The number of furan rings is 1. The smallest absolute Gasteiger partial charge is 0.121 e. The van der Waals surface area contributed by atoms with Crippen LogP contribution in [0.4, 0.5) is 0 Å². The topological polar surface area (TPSA) is 25.2 Å². The first-order valence-corrected chi connectivity index (χ1v) is 8.45. The van der Waals surface area contributed by atoms with Crippen LogP contribution in [0.2, 0.25) is 0 Å². The highest BCUT2D eigenvalue weighted by molar-refractivity contribution is 9.10. The number of nitrogens with one attached hydrogen (secondary N) is 1. The summed E-state index contributed by atoms with van der Waals surface area (Å²) in [4.78, 5) is 1.36. The predicted octanol–water partition coefficient (Wildman–Crippen LogP) is 4.95. The molecule has 104 valence electrons. The van der Waals surface area contributed by atoms with Crippen LogP contribution in [-0.2, 0) is 12.8 Å². The van der Waals surface area contributed by atoms with Crippen molar-refractivity contribution >= 4 is 27.3 Å². The van der Waals surface area contributed by atoms with Crippen LogP contribution in [0.5, 0.6) is 0 Å². The van der Waals surface area contributed by atoms with Gasteiger partial charge in [-0.1, -0.05) is 13.8 Å². The molecule has 2 aromatic heterocycles. The van der Waals surface area contributed by atoms with Gasteiger partial charge < -0.3 is 9.73 Å². The van der Waals surface area contributed by atoms with Crippen molar-refractivity contribution in [3.8, 4) is 0 Å². The largest absolute Gasteiger partial charge is 0.464 e. The summed E-state index contributed by atoms with van der Waals surface area (Å²) in [5.74, 6) is 2.11. The van der Waals surface area contributed by atoms with Crippen molar-refractivity contribution < 1.29 is 4.42 Å². The summed E-state index contributed by atoms with van der Waals surface area (Å²) < 4.78 is 7.10. The van der Waals surface area contributed by atoms with E-state index < -0.39 is 0 Å². The second kappa shape index (κ2) is 7.27. The first kappa shape index (κ1) is 14.8. The molecule has 1 N–H and O–H groups in total. The molecule has 0 saturated carbocycles. The summed E-state index contributed by atoms with van der Waals surface area (Å²) in [7, 11) is 0. The summed E-state index contributed by atoms with van der Waals surface area (Å²) in [6, 6.07) is 6.55. The van der Waals surface area contributed by atoms with Crippen molar-refractivity contribution in [1.29, 1.82) is 0 Å². The maximum Gasteiger partial charge on any atom is 0.121 e. The maximum atomic E-state index is 5.91. The van der Waals surface area contributed by atoms with E-state index in [1.54, 1.807) is 11.3 Å². The zero-order valence-corrected chi connectivity index (χ0v) is 13.8. The van der Waals surface area contributed by atoms with Crippen molar-refractivity contribution in [2.45, 2.75) is 39.2 Å². The number of aryl methyl sites for hydroxylation is 1. The summed E-state index contributed by atoms with van der Waals surface area (Å²) in [5.41, 5.74) is 0. The van der Waals surface area contributed by atoms with Crippen LogP contribution in [0, 0.1) is 0 Å². The molecule has 0 radical (unpaired) electrons. The molecule has 0 spiro atoms. The number of halogens is 1. The molecule has 0 amide bonds. The highest BCUT2D eigenvalue weighted by Crippen LogP contribution is 2.29. The summed E-state index contributed by atoms with van der Waals surface area (Å²) in [6.45, 7) is 5.31. The van der Waals surface area contributed by atoms with Crippen molar-refractivity contribution in [1.82, 2.24) is 5.32 Å². The van der Waals surface area contributed by atoms with Gasteiger partial charge in [-0.3, -0.25) is 0 Å². The van der Waals surface area contributed by atoms with Gasteiger partial charge in [0.25, 0.3) is 0 Å². The highest BCUT2D eigenvalue weighted by atomic mass is 79.9. The Morgan fingerprint density at radius 3 is 2.74 bits per heavy atom. The predicted molar refractivity (Wildman–Crippen MR) is 84.8 cm³/mol. The lowest BCUT2D eigenvalue weighted by Gasteiger charge is -2.16. The van der Waals surface area contributed by atoms with E-state index in [0.29, 0.717) is 0 Å². The van der Waals surface area contributed by atoms with E-state index in [1.165, 1.54) is 9.35 Å². The van der Waals surface area contributed by atoms with Gasteiger partial charge >= 0.3 is 0 Å². The standard InChI is InChI=1S/C15H20BrNOS/c1-3-8-17-13(10-15-12(16)7-9-19-15)14-6-5-11(4-2)18-14/h5-7,9,13,17H,3-4,8,10H2,1-2H3. The quantitative estimate of drug-likeness (QED) is 0.770. The molecule has 0 aliphatic heterocycles. The van der Waals surface area contributed by atoms with E-state index in [2.05, 4.69) is 58.7 Å². The molecule has 0 aliphatic rings. The lowest BCUT2D eigenvalue weighted by molar-refractivity contribution is 0.393. The molecule has 2 heterocycles. The fraction of sp³-hybridized carbons (Fsp3) is 0.467. The average molecular weight is 342 g/mol. The van der Waals surface area contributed by atoms with E-state index in [0.717, 1.165) is 37.3 Å². The molecule has 2 rings (SSSR count). The van der Waals surface area contributed by atoms with Crippen LogP contribution in [0.25, 0.3) is 0 Å². The number of rotatable bonds is 7. The molecule has 2 aromatic rings. The van der Waals surface area contributed by atoms with E-state index in [-0.39, 0.29) is 6.04 Å². The Hall–Kier alpha value is -0.580. The van der Waals surface area contributed by atoms with E-state index in [4.69, 9.17) is 4.42 Å². The summed E-state index contributed by atoms with van der Waals surface area (Å²) in [6.07, 6.45) is 3.04. The molecule has 4 heteroatoms. The lowest BCUT2D eigenvalue weighted by Crippen LogP contribution is -2.23. The molecule has 19 heavy (non-hydrogen) atoms. The van der Waals surface area contributed by atoms with Gasteiger partial charge in [0.15, 0.2) is 0 Å². The Labute approximate surface area is 127 Å². The molecule has 1 unspecified atom stereocenters. The van der Waals surface area contributed by atoms with Gasteiger partial charge in [-0.05, 0) is 52.5 Å². The third kappa shape index (κ3) is 3.94. The number of hydrogen-bond donors (Lipinski definition) is 1. The third-order valence-electron chi connectivity index (χ3n) is 3.10. The first-order valence-electron chi connectivity index (χ1n) is 6.78. The Morgan fingerprint density at radius 2 is 2.16 bits per heavy atom. The molecule has 0 bridgehead atoms. The Balaban J connectivity index is 2.13. The minimum absolute atomic E-state index is 0.259. The molecule has 0 aliphatic carbocycles. The van der Waals surface area contributed by atoms with E-state index >= 15 is 0 Å².